The summed E-state index contributed by atoms with van der Waals surface area (Å²) >= 11 is 3.92. The minimum atomic E-state index is -2.88. The van der Waals surface area contributed by atoms with E-state index in [4.69, 9.17) is 4.74 Å². The summed E-state index contributed by atoms with van der Waals surface area (Å²) in [7, 11) is 0. The zero-order valence-corrected chi connectivity index (χ0v) is 8.42. The normalized spacial score (nSPS) is 18.0. The van der Waals surface area contributed by atoms with Crippen LogP contribution >= 0.6 is 31.9 Å². The molecule has 1 heterocycles. The third-order valence-electron chi connectivity index (χ3n) is 0.827. The van der Waals surface area contributed by atoms with Crippen LogP contribution in [0.5, 0.6) is 0 Å². The lowest BCUT2D eigenvalue weighted by Gasteiger charge is -1.88. The predicted molar refractivity (Wildman–Crippen MR) is 42.9 cm³/mol. The highest BCUT2D eigenvalue weighted by molar-refractivity contribution is 9.25. The summed E-state index contributed by atoms with van der Waals surface area (Å²) in [5.74, 6) is 0. The molecule has 0 aromatic heterocycles. The van der Waals surface area contributed by atoms with Crippen molar-refractivity contribution in [1.29, 1.82) is 0 Å². The number of ether oxygens (including phenoxy) is 1. The highest BCUT2D eigenvalue weighted by atomic mass is 79.9. The summed E-state index contributed by atoms with van der Waals surface area (Å²) in [6, 6.07) is 0. The van der Waals surface area contributed by atoms with Crippen molar-refractivity contribution >= 4 is 31.9 Å². The Balaban J connectivity index is 0.000000162. The first-order chi connectivity index (χ1) is 4.50. The van der Waals surface area contributed by atoms with Crippen molar-refractivity contribution in [3.05, 3.63) is 0 Å². The molecule has 0 atom stereocenters. The number of rotatable bonds is 0. The second-order valence-corrected chi connectivity index (χ2v) is 4.80. The number of hydrogen-bond acceptors (Lipinski definition) is 1. The van der Waals surface area contributed by atoms with E-state index >= 15 is 0 Å². The van der Waals surface area contributed by atoms with Gasteiger partial charge in [-0.25, -0.2) is 0 Å². The van der Waals surface area contributed by atoms with Crippen LogP contribution in [-0.2, 0) is 4.74 Å². The smallest absolute Gasteiger partial charge is 0.356 e. The van der Waals surface area contributed by atoms with Gasteiger partial charge in [-0.2, -0.15) is 8.78 Å². The maximum Gasteiger partial charge on any atom is 0.356 e. The van der Waals surface area contributed by atoms with Crippen LogP contribution in [0.15, 0.2) is 0 Å². The van der Waals surface area contributed by atoms with E-state index in [9.17, 15) is 8.78 Å². The molecule has 0 amide bonds. The van der Waals surface area contributed by atoms with Gasteiger partial charge in [-0.1, -0.05) is 0 Å². The van der Waals surface area contributed by atoms with Crippen LogP contribution < -0.4 is 0 Å². The molecular weight excluding hydrogens is 274 g/mol. The van der Waals surface area contributed by atoms with Gasteiger partial charge < -0.3 is 4.74 Å². The van der Waals surface area contributed by atoms with Gasteiger partial charge in [-0.05, 0) is 12.8 Å². The Hall–Kier alpha value is 0.780. The Kier molecular flexibility index (Phi) is 5.86. The Labute approximate surface area is 75.4 Å². The van der Waals surface area contributed by atoms with E-state index < -0.39 is 3.74 Å². The van der Waals surface area contributed by atoms with Crippen LogP contribution in [0, 0.1) is 0 Å². The Morgan fingerprint density at radius 2 is 1.40 bits per heavy atom. The van der Waals surface area contributed by atoms with Crippen LogP contribution in [0.2, 0.25) is 0 Å². The lowest BCUT2D eigenvalue weighted by atomic mass is 10.4. The summed E-state index contributed by atoms with van der Waals surface area (Å²) in [5, 5.41) is 0. The van der Waals surface area contributed by atoms with E-state index in [1.807, 2.05) is 31.9 Å². The highest BCUT2D eigenvalue weighted by Gasteiger charge is 2.15. The fourth-order valence-corrected chi connectivity index (χ4v) is 0.510. The van der Waals surface area contributed by atoms with Crippen LogP contribution in [-0.4, -0.2) is 17.0 Å². The van der Waals surface area contributed by atoms with Crippen molar-refractivity contribution in [3.63, 3.8) is 0 Å². The zero-order chi connectivity index (χ0) is 8.04. The zero-order valence-electron chi connectivity index (χ0n) is 5.25. The summed E-state index contributed by atoms with van der Waals surface area (Å²) < 4.78 is 23.8. The van der Waals surface area contributed by atoms with E-state index in [1.54, 1.807) is 0 Å². The molecule has 1 saturated heterocycles. The summed E-state index contributed by atoms with van der Waals surface area (Å²) in [4.78, 5) is 0. The first kappa shape index (κ1) is 10.8. The first-order valence-electron chi connectivity index (χ1n) is 2.83. The highest BCUT2D eigenvalue weighted by Crippen LogP contribution is 2.28. The van der Waals surface area contributed by atoms with E-state index in [0.29, 0.717) is 0 Å². The van der Waals surface area contributed by atoms with Crippen LogP contribution in [0.4, 0.5) is 8.78 Å². The molecule has 62 valence electrons. The fraction of sp³-hybridized carbons (Fsp3) is 1.00. The van der Waals surface area contributed by atoms with Crippen molar-refractivity contribution in [3.8, 4) is 0 Å². The van der Waals surface area contributed by atoms with Gasteiger partial charge >= 0.3 is 3.74 Å². The lowest BCUT2D eigenvalue weighted by Crippen LogP contribution is -1.84. The minimum absolute atomic E-state index is 1.00. The van der Waals surface area contributed by atoms with Gasteiger partial charge in [0.15, 0.2) is 0 Å². The van der Waals surface area contributed by atoms with Gasteiger partial charge in [0.1, 0.15) is 0 Å². The number of halogens is 4. The minimum Gasteiger partial charge on any atom is -0.381 e. The third kappa shape index (κ3) is 15.9. The van der Waals surface area contributed by atoms with Crippen LogP contribution in [0.1, 0.15) is 12.8 Å². The molecule has 1 rings (SSSR count). The molecule has 0 radical (unpaired) electrons. The van der Waals surface area contributed by atoms with E-state index in [-0.39, 0.29) is 0 Å². The van der Waals surface area contributed by atoms with Gasteiger partial charge in [-0.15, -0.1) is 0 Å². The van der Waals surface area contributed by atoms with E-state index in [0.717, 1.165) is 13.2 Å². The molecule has 0 N–H and O–H groups in total. The Bertz CT molecular complexity index is 66.6. The second kappa shape index (κ2) is 5.43. The van der Waals surface area contributed by atoms with E-state index in [1.165, 1.54) is 12.8 Å². The summed E-state index contributed by atoms with van der Waals surface area (Å²) in [6.07, 6.45) is 2.56. The first-order valence-corrected chi connectivity index (χ1v) is 4.42. The van der Waals surface area contributed by atoms with Crippen molar-refractivity contribution in [1.82, 2.24) is 0 Å². The molecule has 1 nitrogen and oxygen atoms in total. The number of hydrogen-bond donors (Lipinski definition) is 0. The summed E-state index contributed by atoms with van der Waals surface area (Å²) in [6.45, 7) is 2.00. The van der Waals surface area contributed by atoms with Crippen LogP contribution in [0.25, 0.3) is 0 Å². The van der Waals surface area contributed by atoms with Crippen molar-refractivity contribution in [2.75, 3.05) is 13.2 Å². The third-order valence-corrected chi connectivity index (χ3v) is 0.827. The van der Waals surface area contributed by atoms with Crippen molar-refractivity contribution < 1.29 is 13.5 Å². The molecule has 0 aromatic carbocycles. The molecule has 10 heavy (non-hydrogen) atoms. The summed E-state index contributed by atoms with van der Waals surface area (Å²) in [5.41, 5.74) is 0. The van der Waals surface area contributed by atoms with Gasteiger partial charge in [0.05, 0.1) is 0 Å². The van der Waals surface area contributed by atoms with Gasteiger partial charge in [-0.3, -0.25) is 0 Å². The van der Waals surface area contributed by atoms with Gasteiger partial charge in [0.2, 0.25) is 0 Å². The molecule has 0 aromatic rings. The standard InChI is InChI=1S/C4H8O.CBr2F2/c1-2-4-5-3-1;2-1(3,4)5/h1-4H2;. The number of alkyl halides is 4. The molecule has 0 aliphatic carbocycles. The maximum absolute atomic E-state index is 10.9. The average molecular weight is 282 g/mol. The van der Waals surface area contributed by atoms with Crippen LogP contribution in [0.3, 0.4) is 0 Å². The Morgan fingerprint density at radius 3 is 1.50 bits per heavy atom. The molecule has 0 bridgehead atoms. The predicted octanol–water partition coefficient (Wildman–Crippen LogP) is 3.12. The van der Waals surface area contributed by atoms with E-state index in [2.05, 4.69) is 0 Å². The second-order valence-electron chi connectivity index (χ2n) is 1.75. The average Bonchev–Trinajstić information content (AvgIpc) is 2.07. The Morgan fingerprint density at radius 1 is 1.10 bits per heavy atom. The van der Waals surface area contributed by atoms with Gasteiger partial charge in [0.25, 0.3) is 0 Å². The fourth-order valence-electron chi connectivity index (χ4n) is 0.510. The van der Waals surface area contributed by atoms with Crippen molar-refractivity contribution in [2.24, 2.45) is 0 Å². The monoisotopic (exact) mass is 280 g/mol. The molecule has 0 spiro atoms. The molecule has 1 fully saturated rings. The molecule has 1 aliphatic rings. The lowest BCUT2D eigenvalue weighted by molar-refractivity contribution is 0.198. The van der Waals surface area contributed by atoms with Crippen molar-refractivity contribution in [2.45, 2.75) is 16.6 Å². The maximum atomic E-state index is 10.9. The molecule has 5 heteroatoms. The topological polar surface area (TPSA) is 9.23 Å². The largest absolute Gasteiger partial charge is 0.381 e. The molecular formula is C5H8Br2F2O. The molecule has 0 saturated carbocycles. The molecule has 1 aliphatic heterocycles. The quantitative estimate of drug-likeness (QED) is 0.620. The van der Waals surface area contributed by atoms with Gasteiger partial charge in [0, 0.05) is 45.1 Å². The SMILES string of the molecule is C1CCOC1.FC(F)(Br)Br. The molecule has 0 unspecified atom stereocenters.